The van der Waals surface area contributed by atoms with E-state index in [4.69, 9.17) is 5.73 Å². The largest absolute Gasteiger partial charge is 0.497 e. The van der Waals surface area contributed by atoms with Crippen LogP contribution in [-0.4, -0.2) is 24.8 Å². The third-order valence-electron chi connectivity index (χ3n) is 3.16. The number of hydrogen-bond acceptors (Lipinski definition) is 5. The van der Waals surface area contributed by atoms with Gasteiger partial charge < -0.3 is 5.73 Å². The smallest absolute Gasteiger partial charge is 0.370 e. The van der Waals surface area contributed by atoms with Crippen LogP contribution in [0.1, 0.15) is 42.3 Å². The maximum atomic E-state index is 12.5. The summed E-state index contributed by atoms with van der Waals surface area (Å²) >= 11 is 0. The van der Waals surface area contributed by atoms with Crippen molar-refractivity contribution in [3.05, 3.63) is 28.6 Å². The summed E-state index contributed by atoms with van der Waals surface area (Å²) in [6.07, 6.45) is 0.769. The highest BCUT2D eigenvalue weighted by atomic mass is 32.2. The molecule has 10 heteroatoms. The molecule has 0 bridgehead atoms. The van der Waals surface area contributed by atoms with Gasteiger partial charge in [-0.3, -0.25) is 9.78 Å². The molecule has 1 rings (SSSR count). The van der Waals surface area contributed by atoms with E-state index in [1.54, 1.807) is 6.92 Å². The Morgan fingerprint density at radius 3 is 2.46 bits per heavy atom. The lowest BCUT2D eigenvalue weighted by atomic mass is 9.99. The number of nitriles is 1. The molecule has 0 saturated heterocycles. The van der Waals surface area contributed by atoms with Crippen molar-refractivity contribution >= 4 is 15.7 Å². The van der Waals surface area contributed by atoms with Crippen LogP contribution in [0.5, 0.6) is 0 Å². The minimum Gasteiger partial charge on any atom is -0.370 e. The lowest BCUT2D eigenvalue weighted by molar-refractivity contribution is -0.118. The standard InChI is InChI=1S/C14H16F3N3O3S/c1-2-3-9-6-10(8-24(22,23)14(15,16)17)20-12(11(9)7-18)4-5-13(19)21/h6H,2-5,8H2,1H3,(H2,19,21). The molecule has 0 aliphatic rings. The van der Waals surface area contributed by atoms with Gasteiger partial charge >= 0.3 is 5.51 Å². The maximum Gasteiger partial charge on any atom is 0.497 e. The SMILES string of the molecule is CCCc1cc(CS(=O)(=O)C(F)(F)F)nc(CCC(N)=O)c1C#N. The summed E-state index contributed by atoms with van der Waals surface area (Å²) in [7, 11) is -5.39. The van der Waals surface area contributed by atoms with Crippen LogP contribution in [0, 0.1) is 11.3 Å². The Morgan fingerprint density at radius 1 is 1.38 bits per heavy atom. The quantitative estimate of drug-likeness (QED) is 0.793. The average molecular weight is 363 g/mol. The first kappa shape index (κ1) is 19.9. The van der Waals surface area contributed by atoms with Crippen LogP contribution in [0.3, 0.4) is 0 Å². The average Bonchev–Trinajstić information content (AvgIpc) is 2.43. The molecule has 0 radical (unpaired) electrons. The predicted octanol–water partition coefficient (Wildman–Crippen LogP) is 1.76. The molecule has 0 saturated carbocycles. The Balaban J connectivity index is 3.36. The lowest BCUT2D eigenvalue weighted by Crippen LogP contribution is -2.25. The molecule has 0 aromatic carbocycles. The Kier molecular flexibility index (Phi) is 6.31. The van der Waals surface area contributed by atoms with E-state index in [0.29, 0.717) is 18.4 Å². The van der Waals surface area contributed by atoms with Crippen LogP contribution >= 0.6 is 0 Å². The topological polar surface area (TPSA) is 114 Å². The highest BCUT2D eigenvalue weighted by molar-refractivity contribution is 7.91. The Hall–Kier alpha value is -2.15. The van der Waals surface area contributed by atoms with Crippen molar-refractivity contribution in [2.24, 2.45) is 5.73 Å². The molecule has 0 aliphatic heterocycles. The van der Waals surface area contributed by atoms with Gasteiger partial charge in [0.1, 0.15) is 11.8 Å². The molecule has 1 aromatic rings. The molecule has 24 heavy (non-hydrogen) atoms. The number of primary amides is 1. The number of carbonyl (C=O) groups excluding carboxylic acids is 1. The van der Waals surface area contributed by atoms with Crippen LogP contribution in [0.4, 0.5) is 13.2 Å². The first-order chi connectivity index (χ1) is 11.0. The fraction of sp³-hybridized carbons (Fsp3) is 0.500. The van der Waals surface area contributed by atoms with E-state index in [9.17, 15) is 31.6 Å². The summed E-state index contributed by atoms with van der Waals surface area (Å²) in [5.41, 5.74) is -0.0402. The lowest BCUT2D eigenvalue weighted by Gasteiger charge is -2.13. The number of pyridine rings is 1. The molecule has 1 heterocycles. The molecule has 6 nitrogen and oxygen atoms in total. The zero-order valence-electron chi connectivity index (χ0n) is 12.9. The van der Waals surface area contributed by atoms with Crippen LogP contribution < -0.4 is 5.73 Å². The number of nitrogens with zero attached hydrogens (tertiary/aromatic N) is 2. The molecule has 0 spiro atoms. The molecule has 0 atom stereocenters. The second kappa shape index (κ2) is 7.61. The van der Waals surface area contributed by atoms with Crippen LogP contribution in [0.2, 0.25) is 0 Å². The van der Waals surface area contributed by atoms with Crippen molar-refractivity contribution in [3.63, 3.8) is 0 Å². The predicted molar refractivity (Wildman–Crippen MR) is 79.1 cm³/mol. The van der Waals surface area contributed by atoms with Gasteiger partial charge in [-0.1, -0.05) is 13.3 Å². The highest BCUT2D eigenvalue weighted by Crippen LogP contribution is 2.27. The molecule has 1 amide bonds. The number of rotatable bonds is 7. The van der Waals surface area contributed by atoms with Crippen molar-refractivity contribution in [2.75, 3.05) is 0 Å². The first-order valence-corrected chi connectivity index (χ1v) is 8.66. The van der Waals surface area contributed by atoms with Gasteiger partial charge in [-0.2, -0.15) is 18.4 Å². The second-order valence-electron chi connectivity index (χ2n) is 5.13. The van der Waals surface area contributed by atoms with Gasteiger partial charge in [0.2, 0.25) is 5.91 Å². The third kappa shape index (κ3) is 4.92. The number of sulfone groups is 1. The molecule has 0 fully saturated rings. The van der Waals surface area contributed by atoms with E-state index < -0.39 is 27.0 Å². The van der Waals surface area contributed by atoms with E-state index in [1.807, 2.05) is 6.07 Å². The third-order valence-corrected chi connectivity index (χ3v) is 4.54. The number of nitrogens with two attached hydrogens (primary N) is 1. The van der Waals surface area contributed by atoms with E-state index in [-0.39, 0.29) is 29.8 Å². The number of halogens is 3. The number of aryl methyl sites for hydroxylation is 2. The zero-order chi connectivity index (χ0) is 18.5. The van der Waals surface area contributed by atoms with Crippen molar-refractivity contribution in [1.82, 2.24) is 4.98 Å². The number of amides is 1. The maximum absolute atomic E-state index is 12.5. The number of carbonyl (C=O) groups is 1. The number of alkyl halides is 3. The normalized spacial score (nSPS) is 12.0. The highest BCUT2D eigenvalue weighted by Gasteiger charge is 2.45. The minimum atomic E-state index is -5.39. The van der Waals surface area contributed by atoms with Gasteiger partial charge in [0.15, 0.2) is 0 Å². The Bertz CT molecular complexity index is 768. The molecule has 0 aliphatic carbocycles. The zero-order valence-corrected chi connectivity index (χ0v) is 13.7. The molecular formula is C14H16F3N3O3S. The van der Waals surface area contributed by atoms with Crippen molar-refractivity contribution in [3.8, 4) is 6.07 Å². The first-order valence-electron chi connectivity index (χ1n) is 7.01. The van der Waals surface area contributed by atoms with Crippen LogP contribution in [-0.2, 0) is 33.2 Å². The van der Waals surface area contributed by atoms with E-state index in [0.717, 1.165) is 0 Å². The van der Waals surface area contributed by atoms with E-state index in [1.165, 1.54) is 6.07 Å². The second-order valence-corrected chi connectivity index (χ2v) is 7.11. The number of aromatic nitrogens is 1. The van der Waals surface area contributed by atoms with Gasteiger partial charge in [0.05, 0.1) is 17.0 Å². The molecule has 132 valence electrons. The summed E-state index contributed by atoms with van der Waals surface area (Å²) in [5, 5.41) is 9.24. The van der Waals surface area contributed by atoms with Crippen molar-refractivity contribution < 1.29 is 26.4 Å². The van der Waals surface area contributed by atoms with Crippen molar-refractivity contribution in [2.45, 2.75) is 43.9 Å². The minimum absolute atomic E-state index is 0.0468. The van der Waals surface area contributed by atoms with Gasteiger partial charge in [-0.25, -0.2) is 8.42 Å². The molecule has 0 unspecified atom stereocenters. The van der Waals surface area contributed by atoms with Gasteiger partial charge in [0.25, 0.3) is 9.84 Å². The van der Waals surface area contributed by atoms with Gasteiger partial charge in [0, 0.05) is 6.42 Å². The molecule has 1 aromatic heterocycles. The summed E-state index contributed by atoms with van der Waals surface area (Å²) < 4.78 is 60.3. The summed E-state index contributed by atoms with van der Waals surface area (Å²) in [4.78, 5) is 14.7. The van der Waals surface area contributed by atoms with E-state index >= 15 is 0 Å². The van der Waals surface area contributed by atoms with Gasteiger partial charge in [-0.15, -0.1) is 0 Å². The van der Waals surface area contributed by atoms with Crippen LogP contribution in [0.25, 0.3) is 0 Å². The fourth-order valence-corrected chi connectivity index (χ4v) is 2.80. The summed E-state index contributed by atoms with van der Waals surface area (Å²) in [6, 6.07) is 3.10. The van der Waals surface area contributed by atoms with Crippen LogP contribution in [0.15, 0.2) is 6.07 Å². The number of hydrogen-bond donors (Lipinski definition) is 1. The van der Waals surface area contributed by atoms with Crippen molar-refractivity contribution in [1.29, 1.82) is 5.26 Å². The summed E-state index contributed by atoms with van der Waals surface area (Å²) in [6.45, 7) is 1.80. The summed E-state index contributed by atoms with van der Waals surface area (Å²) in [5.74, 6) is -1.98. The fourth-order valence-electron chi connectivity index (χ4n) is 2.10. The Morgan fingerprint density at radius 2 is 2.00 bits per heavy atom. The monoisotopic (exact) mass is 363 g/mol. The van der Waals surface area contributed by atoms with Gasteiger partial charge in [-0.05, 0) is 24.5 Å². The van der Waals surface area contributed by atoms with E-state index in [2.05, 4.69) is 4.98 Å². The molecular weight excluding hydrogens is 347 g/mol. The molecule has 2 N–H and O–H groups in total. The Labute approximate surface area is 137 Å².